The first-order chi connectivity index (χ1) is 34.6. The highest BCUT2D eigenvalue weighted by Gasteiger charge is 2.24. The maximum atomic E-state index is 8.17. The summed E-state index contributed by atoms with van der Waals surface area (Å²) >= 11 is 0. The second-order valence-corrected chi connectivity index (χ2v) is 17.8. The van der Waals surface area contributed by atoms with Gasteiger partial charge in [-0.2, -0.15) is 0 Å². The third-order valence-corrected chi connectivity index (χ3v) is 13.7. The molecule has 0 bridgehead atoms. The summed E-state index contributed by atoms with van der Waals surface area (Å²) in [6.45, 7) is 8.17. The summed E-state index contributed by atoms with van der Waals surface area (Å²) in [6, 6.07) is 85.3. The van der Waals surface area contributed by atoms with Crippen LogP contribution in [0.1, 0.15) is 0 Å². The van der Waals surface area contributed by atoms with Crippen LogP contribution in [-0.4, -0.2) is 15.0 Å². The second-order valence-electron chi connectivity index (χ2n) is 17.8. The number of benzene rings is 11. The standard InChI is InChI=1S/C66H40N4/c1-67-61-37-36-53(51-19-8-20-54(40-51)56-22-11-24-58-57-23-9-16-45-17-10-25-59(62(45)57)63(56)58)41-60(61)55-21-7-18-50(39-55)43-26-31-47(32-27-43)65-68-64(46-13-3-2-4-14-46)69-66(70-65)48-33-28-44(29-34-48)52-35-30-42-12-5-6-15-49(42)38-52/h2-41H. The van der Waals surface area contributed by atoms with Gasteiger partial charge in [-0.3, -0.25) is 0 Å². The number of nitrogens with zero attached hydrogens (tertiary/aromatic N) is 4. The van der Waals surface area contributed by atoms with Gasteiger partial charge < -0.3 is 0 Å². The monoisotopic (exact) mass is 888 g/mol. The molecule has 0 radical (unpaired) electrons. The van der Waals surface area contributed by atoms with E-state index >= 15 is 0 Å². The Morgan fingerprint density at radius 2 is 0.686 bits per heavy atom. The van der Waals surface area contributed by atoms with E-state index in [-0.39, 0.29) is 0 Å². The molecule has 0 amide bonds. The summed E-state index contributed by atoms with van der Waals surface area (Å²) in [6.07, 6.45) is 0. The molecule has 324 valence electrons. The van der Waals surface area contributed by atoms with E-state index in [1.54, 1.807) is 0 Å². The van der Waals surface area contributed by atoms with Crippen molar-refractivity contribution in [3.8, 4) is 112 Å². The molecule has 0 N–H and O–H groups in total. The molecule has 1 heterocycles. The fourth-order valence-corrected chi connectivity index (χ4v) is 10.2. The maximum Gasteiger partial charge on any atom is 0.194 e. The first-order valence-electron chi connectivity index (χ1n) is 23.5. The fraction of sp³-hybridized carbons (Fsp3) is 0. The van der Waals surface area contributed by atoms with E-state index in [4.69, 9.17) is 21.5 Å². The lowest BCUT2D eigenvalue weighted by molar-refractivity contribution is 1.07. The minimum Gasteiger partial charge on any atom is -0.238 e. The maximum absolute atomic E-state index is 8.17. The fourth-order valence-electron chi connectivity index (χ4n) is 10.2. The Kier molecular flexibility index (Phi) is 9.85. The normalized spacial score (nSPS) is 11.4. The van der Waals surface area contributed by atoms with Crippen LogP contribution in [0.15, 0.2) is 243 Å². The molecule has 0 saturated heterocycles. The summed E-state index contributed by atoms with van der Waals surface area (Å²) in [5.74, 6) is 1.83. The van der Waals surface area contributed by atoms with Crippen LogP contribution >= 0.6 is 0 Å². The number of hydrogen-bond acceptors (Lipinski definition) is 3. The molecule has 11 aromatic carbocycles. The molecule has 1 aliphatic rings. The van der Waals surface area contributed by atoms with Gasteiger partial charge in [-0.25, -0.2) is 19.8 Å². The van der Waals surface area contributed by atoms with Crippen molar-refractivity contribution in [1.82, 2.24) is 15.0 Å². The predicted octanol–water partition coefficient (Wildman–Crippen LogP) is 17.7. The smallest absolute Gasteiger partial charge is 0.194 e. The number of fused-ring (bicyclic) bond motifs is 4. The zero-order chi connectivity index (χ0) is 46.5. The quantitative estimate of drug-likeness (QED) is 0.143. The van der Waals surface area contributed by atoms with E-state index in [0.29, 0.717) is 23.2 Å². The molecule has 70 heavy (non-hydrogen) atoms. The molecule has 0 saturated carbocycles. The molecular weight excluding hydrogens is 849 g/mol. The first kappa shape index (κ1) is 40.7. The van der Waals surface area contributed by atoms with E-state index in [9.17, 15) is 0 Å². The van der Waals surface area contributed by atoms with Crippen LogP contribution in [0.4, 0.5) is 5.69 Å². The summed E-state index contributed by atoms with van der Waals surface area (Å²) in [5.41, 5.74) is 19.3. The van der Waals surface area contributed by atoms with E-state index in [1.807, 2.05) is 36.4 Å². The van der Waals surface area contributed by atoms with Crippen molar-refractivity contribution >= 4 is 27.2 Å². The number of rotatable bonds is 8. The molecule has 0 aliphatic heterocycles. The molecule has 0 fully saturated rings. The topological polar surface area (TPSA) is 43.0 Å². The zero-order valence-electron chi connectivity index (χ0n) is 37.9. The van der Waals surface area contributed by atoms with Crippen LogP contribution in [-0.2, 0) is 0 Å². The van der Waals surface area contributed by atoms with Crippen molar-refractivity contribution in [2.45, 2.75) is 0 Å². The average Bonchev–Trinajstić information content (AvgIpc) is 3.78. The van der Waals surface area contributed by atoms with Crippen LogP contribution in [0.2, 0.25) is 0 Å². The summed E-state index contributed by atoms with van der Waals surface area (Å²) < 4.78 is 0. The first-order valence-corrected chi connectivity index (χ1v) is 23.5. The van der Waals surface area contributed by atoms with Crippen molar-refractivity contribution in [3.05, 3.63) is 254 Å². The van der Waals surface area contributed by atoms with Crippen LogP contribution in [0.5, 0.6) is 0 Å². The van der Waals surface area contributed by atoms with Crippen molar-refractivity contribution < 1.29 is 0 Å². The Labute approximate surface area is 406 Å². The largest absolute Gasteiger partial charge is 0.238 e. The average molecular weight is 889 g/mol. The van der Waals surface area contributed by atoms with Gasteiger partial charge in [0.2, 0.25) is 0 Å². The van der Waals surface area contributed by atoms with E-state index in [0.717, 1.165) is 66.8 Å². The van der Waals surface area contributed by atoms with Gasteiger partial charge in [-0.05, 0) is 118 Å². The molecule has 0 atom stereocenters. The summed E-state index contributed by atoms with van der Waals surface area (Å²) in [7, 11) is 0. The molecular formula is C66H40N4. The Morgan fingerprint density at radius 3 is 1.36 bits per heavy atom. The SMILES string of the molecule is [C-]#[N+]c1ccc(-c2cccc(-c3cccc4c3-c3cccc5cccc-4c35)c2)cc1-c1cccc(-c2ccc(-c3nc(-c4ccccc4)nc(-c4ccc(-c5ccc6ccccc6c5)cc4)n3)cc2)c1. The highest BCUT2D eigenvalue weighted by molar-refractivity contribution is 6.18. The van der Waals surface area contributed by atoms with Crippen LogP contribution in [0, 0.1) is 6.57 Å². The van der Waals surface area contributed by atoms with E-state index < -0.39 is 0 Å². The lowest BCUT2D eigenvalue weighted by Crippen LogP contribution is -2.00. The van der Waals surface area contributed by atoms with Crippen molar-refractivity contribution in [3.63, 3.8) is 0 Å². The Balaban J connectivity index is 0.808. The third-order valence-electron chi connectivity index (χ3n) is 13.7. The molecule has 0 spiro atoms. The molecule has 12 aromatic rings. The lowest BCUT2D eigenvalue weighted by Gasteiger charge is -2.14. The van der Waals surface area contributed by atoms with E-state index in [1.165, 1.54) is 49.4 Å². The highest BCUT2D eigenvalue weighted by atomic mass is 15.0. The highest BCUT2D eigenvalue weighted by Crippen LogP contribution is 2.51. The van der Waals surface area contributed by atoms with Gasteiger partial charge in [0.05, 0.1) is 6.57 Å². The molecule has 0 unspecified atom stereocenters. The van der Waals surface area contributed by atoms with Gasteiger partial charge in [0, 0.05) is 16.7 Å². The second kappa shape index (κ2) is 16.9. The lowest BCUT2D eigenvalue weighted by atomic mass is 9.90. The van der Waals surface area contributed by atoms with Crippen LogP contribution < -0.4 is 0 Å². The molecule has 4 nitrogen and oxygen atoms in total. The van der Waals surface area contributed by atoms with Gasteiger partial charge in [0.1, 0.15) is 0 Å². The molecule has 1 aliphatic carbocycles. The van der Waals surface area contributed by atoms with Gasteiger partial charge in [0.15, 0.2) is 23.2 Å². The number of aromatic nitrogens is 3. The van der Waals surface area contributed by atoms with Gasteiger partial charge in [0.25, 0.3) is 0 Å². The van der Waals surface area contributed by atoms with E-state index in [2.05, 4.69) is 211 Å². The number of hydrogen-bond donors (Lipinski definition) is 0. The minimum absolute atomic E-state index is 0.601. The van der Waals surface area contributed by atoms with Crippen molar-refractivity contribution in [2.75, 3.05) is 0 Å². The molecule has 13 rings (SSSR count). The summed E-state index contributed by atoms with van der Waals surface area (Å²) in [4.78, 5) is 19.0. The molecule has 4 heteroatoms. The van der Waals surface area contributed by atoms with Crippen molar-refractivity contribution in [1.29, 1.82) is 0 Å². The zero-order valence-corrected chi connectivity index (χ0v) is 37.9. The van der Waals surface area contributed by atoms with Crippen molar-refractivity contribution in [2.24, 2.45) is 0 Å². The Morgan fingerprint density at radius 1 is 0.257 bits per heavy atom. The van der Waals surface area contributed by atoms with Crippen LogP contribution in [0.3, 0.4) is 0 Å². The summed E-state index contributed by atoms with van der Waals surface area (Å²) in [5, 5.41) is 5.03. The molecule has 1 aromatic heterocycles. The minimum atomic E-state index is 0.601. The van der Waals surface area contributed by atoms with Gasteiger partial charge >= 0.3 is 0 Å². The Hall–Kier alpha value is -9.56. The van der Waals surface area contributed by atoms with Gasteiger partial charge in [-0.15, -0.1) is 0 Å². The van der Waals surface area contributed by atoms with Gasteiger partial charge in [-0.1, -0.05) is 224 Å². The third kappa shape index (κ3) is 7.22. The Bertz CT molecular complexity index is 4050. The predicted molar refractivity (Wildman–Crippen MR) is 289 cm³/mol. The van der Waals surface area contributed by atoms with Crippen LogP contribution in [0.25, 0.3) is 138 Å².